The van der Waals surface area contributed by atoms with Crippen LogP contribution in [0, 0.1) is 6.92 Å². The first-order valence-electron chi connectivity index (χ1n) is 5.39. The molecule has 0 saturated carbocycles. The minimum absolute atomic E-state index is 1.17. The third kappa shape index (κ3) is 1.54. The van der Waals surface area contributed by atoms with E-state index in [1.54, 1.807) is 0 Å². The van der Waals surface area contributed by atoms with Crippen LogP contribution in [-0.4, -0.2) is 4.98 Å². The molecule has 14 heavy (non-hydrogen) atoms. The highest BCUT2D eigenvalue weighted by Crippen LogP contribution is 2.23. The molecule has 1 heteroatoms. The molecule has 2 rings (SSSR count). The fourth-order valence-corrected chi connectivity index (χ4v) is 1.98. The van der Waals surface area contributed by atoms with Gasteiger partial charge in [0.05, 0.1) is 0 Å². The van der Waals surface area contributed by atoms with Crippen LogP contribution >= 0.6 is 0 Å². The van der Waals surface area contributed by atoms with Crippen molar-refractivity contribution in [3.05, 3.63) is 35.7 Å². The van der Waals surface area contributed by atoms with E-state index in [4.69, 9.17) is 0 Å². The van der Waals surface area contributed by atoms with E-state index >= 15 is 0 Å². The van der Waals surface area contributed by atoms with Crippen molar-refractivity contribution in [2.75, 3.05) is 0 Å². The molecule has 0 fully saturated rings. The molecule has 0 amide bonds. The van der Waals surface area contributed by atoms with Crippen LogP contribution in [-0.2, 0) is 6.42 Å². The summed E-state index contributed by atoms with van der Waals surface area (Å²) in [5, 5.41) is 2.78. The van der Waals surface area contributed by atoms with Gasteiger partial charge in [-0.15, -0.1) is 0 Å². The number of aromatic nitrogens is 1. The number of rotatable bonds is 3. The summed E-state index contributed by atoms with van der Waals surface area (Å²) in [6.07, 6.45) is 3.70. The van der Waals surface area contributed by atoms with Crippen molar-refractivity contribution < 1.29 is 0 Å². The molecule has 1 aromatic heterocycles. The molecule has 74 valence electrons. The van der Waals surface area contributed by atoms with Crippen LogP contribution < -0.4 is 0 Å². The minimum Gasteiger partial charge on any atom is -0.361 e. The van der Waals surface area contributed by atoms with Gasteiger partial charge in [0.25, 0.3) is 0 Å². The third-order valence-corrected chi connectivity index (χ3v) is 2.77. The lowest BCUT2D eigenvalue weighted by atomic mass is 10.1. The van der Waals surface area contributed by atoms with Crippen LogP contribution in [0.3, 0.4) is 0 Å². The Kier molecular flexibility index (Phi) is 2.58. The number of hydrogen-bond donors (Lipinski definition) is 1. The first-order valence-corrected chi connectivity index (χ1v) is 5.39. The smallest absolute Gasteiger partial charge is 0.0228 e. The van der Waals surface area contributed by atoms with Gasteiger partial charge >= 0.3 is 0 Å². The number of benzene rings is 1. The van der Waals surface area contributed by atoms with E-state index in [1.807, 2.05) is 0 Å². The molecule has 0 spiro atoms. The summed E-state index contributed by atoms with van der Waals surface area (Å²) in [5.41, 5.74) is 2.70. The SMILES string of the molecule is CCCCc1[nH]c(C)c2ccccc12. The van der Waals surface area contributed by atoms with Crippen molar-refractivity contribution in [3.8, 4) is 0 Å². The maximum Gasteiger partial charge on any atom is 0.0228 e. The number of aryl methyl sites for hydroxylation is 2. The van der Waals surface area contributed by atoms with Gasteiger partial charge in [0.1, 0.15) is 0 Å². The van der Waals surface area contributed by atoms with Crippen LogP contribution in [0.5, 0.6) is 0 Å². The zero-order valence-corrected chi connectivity index (χ0v) is 8.93. The molecule has 0 radical (unpaired) electrons. The number of H-pyrrole nitrogens is 1. The third-order valence-electron chi connectivity index (χ3n) is 2.77. The summed E-state index contributed by atoms with van der Waals surface area (Å²) in [7, 11) is 0. The number of nitrogens with one attached hydrogen (secondary N) is 1. The lowest BCUT2D eigenvalue weighted by Gasteiger charge is -1.96. The number of aromatic amines is 1. The highest BCUT2D eigenvalue weighted by Gasteiger charge is 2.05. The largest absolute Gasteiger partial charge is 0.361 e. The maximum absolute atomic E-state index is 3.49. The molecule has 1 N–H and O–H groups in total. The Hall–Kier alpha value is -1.24. The fourth-order valence-electron chi connectivity index (χ4n) is 1.98. The van der Waals surface area contributed by atoms with E-state index < -0.39 is 0 Å². The van der Waals surface area contributed by atoms with Gasteiger partial charge in [0.15, 0.2) is 0 Å². The first kappa shape index (κ1) is 9.32. The van der Waals surface area contributed by atoms with Crippen molar-refractivity contribution in [1.82, 2.24) is 4.98 Å². The summed E-state index contributed by atoms with van der Waals surface area (Å²) in [4.78, 5) is 3.49. The van der Waals surface area contributed by atoms with Gasteiger partial charge in [-0.05, 0) is 19.8 Å². The average Bonchev–Trinajstić information content (AvgIpc) is 2.54. The molecule has 0 bridgehead atoms. The van der Waals surface area contributed by atoms with E-state index in [-0.39, 0.29) is 0 Å². The Morgan fingerprint density at radius 2 is 1.86 bits per heavy atom. The highest BCUT2D eigenvalue weighted by atomic mass is 14.7. The summed E-state index contributed by atoms with van der Waals surface area (Å²) < 4.78 is 0. The second-order valence-corrected chi connectivity index (χ2v) is 3.88. The van der Waals surface area contributed by atoms with Gasteiger partial charge in [-0.3, -0.25) is 0 Å². The van der Waals surface area contributed by atoms with Crippen LogP contribution in [0.2, 0.25) is 0 Å². The predicted molar refractivity (Wildman–Crippen MR) is 61.6 cm³/mol. The Balaban J connectivity index is 2.44. The fraction of sp³-hybridized carbons (Fsp3) is 0.385. The predicted octanol–water partition coefficient (Wildman–Crippen LogP) is 3.82. The van der Waals surface area contributed by atoms with Gasteiger partial charge in [-0.1, -0.05) is 37.6 Å². The minimum atomic E-state index is 1.17. The lowest BCUT2D eigenvalue weighted by Crippen LogP contribution is -1.85. The molecule has 0 aliphatic carbocycles. The van der Waals surface area contributed by atoms with Gasteiger partial charge in [-0.25, -0.2) is 0 Å². The maximum atomic E-state index is 3.49. The second-order valence-electron chi connectivity index (χ2n) is 3.88. The Morgan fingerprint density at radius 1 is 1.14 bits per heavy atom. The van der Waals surface area contributed by atoms with Crippen molar-refractivity contribution in [1.29, 1.82) is 0 Å². The molecule has 1 nitrogen and oxygen atoms in total. The van der Waals surface area contributed by atoms with Crippen molar-refractivity contribution in [2.45, 2.75) is 33.1 Å². The highest BCUT2D eigenvalue weighted by molar-refractivity contribution is 5.87. The van der Waals surface area contributed by atoms with E-state index in [0.717, 1.165) is 0 Å². The number of unbranched alkanes of at least 4 members (excludes halogenated alkanes) is 1. The molecule has 0 aliphatic heterocycles. The van der Waals surface area contributed by atoms with Crippen LogP contribution in [0.25, 0.3) is 10.8 Å². The van der Waals surface area contributed by atoms with Crippen LogP contribution in [0.4, 0.5) is 0 Å². The summed E-state index contributed by atoms with van der Waals surface area (Å²) in [6.45, 7) is 4.38. The van der Waals surface area contributed by atoms with Crippen molar-refractivity contribution >= 4 is 10.8 Å². The van der Waals surface area contributed by atoms with Gasteiger partial charge in [0.2, 0.25) is 0 Å². The molecule has 0 atom stereocenters. The normalized spacial score (nSPS) is 11.0. The second kappa shape index (κ2) is 3.87. The van der Waals surface area contributed by atoms with Crippen LogP contribution in [0.15, 0.2) is 24.3 Å². The zero-order valence-electron chi connectivity index (χ0n) is 8.93. The van der Waals surface area contributed by atoms with E-state index in [9.17, 15) is 0 Å². The Morgan fingerprint density at radius 3 is 2.57 bits per heavy atom. The molecular formula is C13H17N. The van der Waals surface area contributed by atoms with Gasteiger partial charge in [0, 0.05) is 22.2 Å². The number of fused-ring (bicyclic) bond motifs is 1. The molecular weight excluding hydrogens is 170 g/mol. The monoisotopic (exact) mass is 187 g/mol. The van der Waals surface area contributed by atoms with E-state index in [1.165, 1.54) is 41.4 Å². The van der Waals surface area contributed by atoms with E-state index in [0.29, 0.717) is 0 Å². The van der Waals surface area contributed by atoms with Gasteiger partial charge in [-0.2, -0.15) is 0 Å². The molecule has 2 aromatic rings. The Labute approximate surface area is 85.1 Å². The topological polar surface area (TPSA) is 15.8 Å². The Bertz CT molecular complexity index is 426. The quantitative estimate of drug-likeness (QED) is 0.752. The average molecular weight is 187 g/mol. The zero-order chi connectivity index (χ0) is 9.97. The first-order chi connectivity index (χ1) is 6.83. The number of hydrogen-bond acceptors (Lipinski definition) is 0. The summed E-state index contributed by atoms with van der Waals surface area (Å²) >= 11 is 0. The molecule has 1 aromatic carbocycles. The molecule has 0 aliphatic rings. The van der Waals surface area contributed by atoms with Crippen LogP contribution in [0.1, 0.15) is 31.2 Å². The van der Waals surface area contributed by atoms with Gasteiger partial charge < -0.3 is 4.98 Å². The van der Waals surface area contributed by atoms with E-state index in [2.05, 4.69) is 43.1 Å². The summed E-state index contributed by atoms with van der Waals surface area (Å²) in [5.74, 6) is 0. The molecule has 0 saturated heterocycles. The van der Waals surface area contributed by atoms with Crippen molar-refractivity contribution in [2.24, 2.45) is 0 Å². The van der Waals surface area contributed by atoms with Crippen molar-refractivity contribution in [3.63, 3.8) is 0 Å². The molecule has 0 unspecified atom stereocenters. The standard InChI is InChI=1S/C13H17N/c1-3-4-9-13-12-8-6-5-7-11(12)10(2)14-13/h5-8,14H,3-4,9H2,1-2H3. The molecule has 1 heterocycles. The summed E-state index contributed by atoms with van der Waals surface area (Å²) in [6, 6.07) is 8.62. The lowest BCUT2D eigenvalue weighted by molar-refractivity contribution is 0.783.